The molecule has 1 saturated carbocycles. The maximum Gasteiger partial charge on any atom is 0.307 e. The van der Waals surface area contributed by atoms with Crippen LogP contribution in [-0.2, 0) is 26.2 Å². The summed E-state index contributed by atoms with van der Waals surface area (Å²) in [6, 6.07) is 15.3. The smallest absolute Gasteiger partial charge is 0.307 e. The molecule has 30 heavy (non-hydrogen) atoms. The second-order valence-corrected chi connectivity index (χ2v) is 9.64. The number of amides is 1. The summed E-state index contributed by atoms with van der Waals surface area (Å²) in [7, 11) is -2.16. The van der Waals surface area contributed by atoms with Crippen molar-refractivity contribution in [2.75, 3.05) is 12.4 Å². The Labute approximate surface area is 176 Å². The molecule has 0 heterocycles. The van der Waals surface area contributed by atoms with Crippen molar-refractivity contribution in [2.45, 2.75) is 37.1 Å². The minimum Gasteiger partial charge on any atom is -0.481 e. The van der Waals surface area contributed by atoms with E-state index in [0.717, 1.165) is 18.4 Å². The third-order valence-corrected chi connectivity index (χ3v) is 7.32. The number of hydrogen-bond acceptors (Lipinski definition) is 4. The van der Waals surface area contributed by atoms with Gasteiger partial charge in [-0.1, -0.05) is 43.2 Å². The van der Waals surface area contributed by atoms with E-state index in [0.29, 0.717) is 18.5 Å². The molecule has 0 unspecified atom stereocenters. The van der Waals surface area contributed by atoms with E-state index in [-0.39, 0.29) is 17.3 Å². The minimum absolute atomic E-state index is 0.125. The fourth-order valence-electron chi connectivity index (χ4n) is 3.79. The zero-order valence-electron chi connectivity index (χ0n) is 16.8. The Morgan fingerprint density at radius 1 is 1.00 bits per heavy atom. The highest BCUT2D eigenvalue weighted by Crippen LogP contribution is 2.31. The summed E-state index contributed by atoms with van der Waals surface area (Å²) in [6.45, 7) is 0.250. The summed E-state index contributed by atoms with van der Waals surface area (Å²) >= 11 is 0. The van der Waals surface area contributed by atoms with Crippen molar-refractivity contribution in [2.24, 2.45) is 11.8 Å². The Kier molecular flexibility index (Phi) is 6.89. The van der Waals surface area contributed by atoms with Gasteiger partial charge in [0.05, 0.1) is 16.7 Å². The summed E-state index contributed by atoms with van der Waals surface area (Å²) in [6.07, 6.45) is 2.68. The third-order valence-electron chi connectivity index (χ3n) is 5.50. The Hall–Kier alpha value is -2.71. The van der Waals surface area contributed by atoms with Gasteiger partial charge in [0.15, 0.2) is 0 Å². The highest BCUT2D eigenvalue weighted by Gasteiger charge is 2.35. The lowest BCUT2D eigenvalue weighted by molar-refractivity contribution is -0.147. The molecule has 0 aliphatic heterocycles. The highest BCUT2D eigenvalue weighted by molar-refractivity contribution is 7.89. The largest absolute Gasteiger partial charge is 0.481 e. The molecule has 0 saturated heterocycles. The number of carboxylic acid groups (broad SMARTS) is 1. The molecule has 0 aromatic heterocycles. The molecule has 2 N–H and O–H groups in total. The second-order valence-electron chi connectivity index (χ2n) is 7.60. The van der Waals surface area contributed by atoms with Gasteiger partial charge >= 0.3 is 5.97 Å². The molecule has 2 atom stereocenters. The van der Waals surface area contributed by atoms with E-state index in [2.05, 4.69) is 5.32 Å². The number of aliphatic carboxylic acids is 1. The van der Waals surface area contributed by atoms with E-state index in [9.17, 15) is 23.1 Å². The van der Waals surface area contributed by atoms with E-state index in [1.165, 1.54) is 35.6 Å². The van der Waals surface area contributed by atoms with Gasteiger partial charge < -0.3 is 10.4 Å². The number of nitrogens with zero attached hydrogens (tertiary/aromatic N) is 1. The average molecular weight is 431 g/mol. The summed E-state index contributed by atoms with van der Waals surface area (Å²) in [5, 5.41) is 12.1. The quantitative estimate of drug-likeness (QED) is 0.701. The normalized spacial score (nSPS) is 19.4. The molecule has 1 aliphatic carbocycles. The van der Waals surface area contributed by atoms with Crippen molar-refractivity contribution in [3.8, 4) is 0 Å². The average Bonchev–Trinajstić information content (AvgIpc) is 2.74. The van der Waals surface area contributed by atoms with Gasteiger partial charge in [0.25, 0.3) is 0 Å². The second kappa shape index (κ2) is 9.40. The highest BCUT2D eigenvalue weighted by atomic mass is 32.2. The molecule has 1 fully saturated rings. The number of rotatable bonds is 7. The fraction of sp³-hybridized carbons (Fsp3) is 0.364. The summed E-state index contributed by atoms with van der Waals surface area (Å²) in [5.74, 6) is -2.53. The Bertz CT molecular complexity index is 990. The first kappa shape index (κ1) is 22.0. The number of benzene rings is 2. The van der Waals surface area contributed by atoms with E-state index in [4.69, 9.17) is 0 Å². The van der Waals surface area contributed by atoms with Crippen LogP contribution in [0.15, 0.2) is 59.5 Å². The van der Waals surface area contributed by atoms with Gasteiger partial charge in [-0.3, -0.25) is 9.59 Å². The van der Waals surface area contributed by atoms with Crippen molar-refractivity contribution in [1.82, 2.24) is 4.31 Å². The third kappa shape index (κ3) is 5.06. The van der Waals surface area contributed by atoms with Crippen LogP contribution in [0.25, 0.3) is 0 Å². The summed E-state index contributed by atoms with van der Waals surface area (Å²) < 4.78 is 26.9. The lowest BCUT2D eigenvalue weighted by Gasteiger charge is -2.27. The van der Waals surface area contributed by atoms with Gasteiger partial charge in [-0.25, -0.2) is 8.42 Å². The molecule has 2 aromatic carbocycles. The molecule has 3 rings (SSSR count). The zero-order chi connectivity index (χ0) is 21.7. The Morgan fingerprint density at radius 2 is 1.60 bits per heavy atom. The first-order valence-corrected chi connectivity index (χ1v) is 11.4. The predicted octanol–water partition coefficient (Wildman–Crippen LogP) is 3.34. The lowest BCUT2D eigenvalue weighted by Crippen LogP contribution is -2.36. The van der Waals surface area contributed by atoms with Gasteiger partial charge in [0.2, 0.25) is 15.9 Å². The lowest BCUT2D eigenvalue weighted by atomic mass is 9.78. The number of carbonyl (C=O) groups is 2. The van der Waals surface area contributed by atoms with Gasteiger partial charge in [-0.05, 0) is 42.7 Å². The van der Waals surface area contributed by atoms with Crippen molar-refractivity contribution in [1.29, 1.82) is 0 Å². The zero-order valence-corrected chi connectivity index (χ0v) is 17.6. The Balaban J connectivity index is 1.68. The van der Waals surface area contributed by atoms with Crippen LogP contribution in [0, 0.1) is 11.8 Å². The monoisotopic (exact) mass is 430 g/mol. The van der Waals surface area contributed by atoms with Crippen molar-refractivity contribution in [3.63, 3.8) is 0 Å². The maximum absolute atomic E-state index is 12.8. The summed E-state index contributed by atoms with van der Waals surface area (Å²) in [4.78, 5) is 24.1. The number of anilines is 1. The number of sulfonamides is 1. The van der Waals surface area contributed by atoms with Crippen molar-refractivity contribution >= 4 is 27.6 Å². The van der Waals surface area contributed by atoms with Crippen molar-refractivity contribution < 1.29 is 23.1 Å². The minimum atomic E-state index is -3.68. The van der Waals surface area contributed by atoms with Crippen LogP contribution in [0.3, 0.4) is 0 Å². The maximum atomic E-state index is 12.8. The van der Waals surface area contributed by atoms with Gasteiger partial charge in [0, 0.05) is 19.3 Å². The SMILES string of the molecule is CN(Cc1ccccc1)S(=O)(=O)c1ccc(NC(=O)[C@H]2CCCC[C@H]2C(=O)O)cc1. The molecule has 160 valence electrons. The standard InChI is InChI=1S/C22H26N2O5S/c1-24(15-16-7-3-2-4-8-16)30(28,29)18-13-11-17(12-14-18)23-21(25)19-9-5-6-10-20(19)22(26)27/h2-4,7-8,11-14,19-20H,5-6,9-10,15H2,1H3,(H,23,25)(H,26,27)/t19-,20+/m0/s1. The van der Waals surface area contributed by atoms with Crippen LogP contribution in [-0.4, -0.2) is 36.8 Å². The van der Waals surface area contributed by atoms with Gasteiger partial charge in [-0.2, -0.15) is 4.31 Å². The van der Waals surface area contributed by atoms with E-state index >= 15 is 0 Å². The molecule has 0 radical (unpaired) electrons. The number of carboxylic acids is 1. The summed E-state index contributed by atoms with van der Waals surface area (Å²) in [5.41, 5.74) is 1.33. The molecular weight excluding hydrogens is 404 g/mol. The van der Waals surface area contributed by atoms with Crippen LogP contribution in [0.4, 0.5) is 5.69 Å². The van der Waals surface area contributed by atoms with Crippen LogP contribution in [0.5, 0.6) is 0 Å². The Morgan fingerprint density at radius 3 is 2.20 bits per heavy atom. The number of nitrogens with one attached hydrogen (secondary N) is 1. The molecule has 7 nitrogen and oxygen atoms in total. The molecule has 0 bridgehead atoms. The first-order chi connectivity index (χ1) is 14.3. The molecule has 0 spiro atoms. The van der Waals surface area contributed by atoms with E-state index in [1.54, 1.807) is 0 Å². The van der Waals surface area contributed by atoms with Gasteiger partial charge in [0.1, 0.15) is 0 Å². The van der Waals surface area contributed by atoms with E-state index in [1.807, 2.05) is 30.3 Å². The molecule has 1 amide bonds. The van der Waals surface area contributed by atoms with Crippen LogP contribution < -0.4 is 5.32 Å². The van der Waals surface area contributed by atoms with E-state index < -0.39 is 27.8 Å². The fourth-order valence-corrected chi connectivity index (χ4v) is 4.95. The topological polar surface area (TPSA) is 104 Å². The van der Waals surface area contributed by atoms with Gasteiger partial charge in [-0.15, -0.1) is 0 Å². The number of hydrogen-bond donors (Lipinski definition) is 2. The number of carbonyl (C=O) groups excluding carboxylic acids is 1. The predicted molar refractivity (Wildman–Crippen MR) is 113 cm³/mol. The van der Waals surface area contributed by atoms with Crippen LogP contribution >= 0.6 is 0 Å². The molecule has 8 heteroatoms. The van der Waals surface area contributed by atoms with Crippen LogP contribution in [0.2, 0.25) is 0 Å². The molecular formula is C22H26N2O5S. The van der Waals surface area contributed by atoms with Crippen LogP contribution in [0.1, 0.15) is 31.2 Å². The van der Waals surface area contributed by atoms with Crippen molar-refractivity contribution in [3.05, 3.63) is 60.2 Å². The molecule has 2 aromatic rings. The first-order valence-electron chi connectivity index (χ1n) is 9.93. The molecule has 1 aliphatic rings.